The number of ether oxygens (including phenoxy) is 1. The van der Waals surface area contributed by atoms with E-state index < -0.39 is 5.60 Å². The first-order chi connectivity index (χ1) is 12.3. The van der Waals surface area contributed by atoms with E-state index in [0.29, 0.717) is 10.5 Å². The van der Waals surface area contributed by atoms with Gasteiger partial charge in [0, 0.05) is 31.5 Å². The molecule has 1 fully saturated rings. The van der Waals surface area contributed by atoms with Crippen molar-refractivity contribution in [3.05, 3.63) is 39.5 Å². The van der Waals surface area contributed by atoms with Gasteiger partial charge in [0.05, 0.1) is 11.7 Å². The van der Waals surface area contributed by atoms with Gasteiger partial charge in [0.15, 0.2) is 0 Å². The van der Waals surface area contributed by atoms with Gasteiger partial charge in [-0.2, -0.15) is 0 Å². The Hall–Kier alpha value is -0.790. The molecule has 26 heavy (non-hydrogen) atoms. The van der Waals surface area contributed by atoms with Gasteiger partial charge in [-0.05, 0) is 67.8 Å². The molecule has 0 saturated carbocycles. The third kappa shape index (κ3) is 3.76. The number of hydrogen-bond acceptors (Lipinski definition) is 4. The average Bonchev–Trinajstić information content (AvgIpc) is 3.27. The van der Waals surface area contributed by atoms with Crippen LogP contribution in [-0.2, 0) is 4.74 Å². The molecule has 1 N–H and O–H groups in total. The largest absolute Gasteiger partial charge is 0.444 e. The third-order valence-electron chi connectivity index (χ3n) is 4.66. The van der Waals surface area contributed by atoms with E-state index in [-0.39, 0.29) is 12.1 Å². The van der Waals surface area contributed by atoms with Crippen LogP contribution in [0.5, 0.6) is 0 Å². The van der Waals surface area contributed by atoms with Crippen LogP contribution in [0.3, 0.4) is 0 Å². The second-order valence-electron chi connectivity index (χ2n) is 7.83. The number of thioether (sulfide) groups is 2. The summed E-state index contributed by atoms with van der Waals surface area (Å²) in [7, 11) is 0. The van der Waals surface area contributed by atoms with Crippen molar-refractivity contribution in [3.63, 3.8) is 0 Å². The molecule has 3 unspecified atom stereocenters. The van der Waals surface area contributed by atoms with Crippen molar-refractivity contribution in [2.45, 2.75) is 55.8 Å². The Morgan fingerprint density at radius 1 is 1.27 bits per heavy atom. The molecule has 0 spiro atoms. The second kappa shape index (κ2) is 6.99. The number of carbonyl (C=O) groups excluding carboxylic acids is 1. The van der Waals surface area contributed by atoms with Crippen molar-refractivity contribution in [2.75, 3.05) is 6.54 Å². The highest BCUT2D eigenvalue weighted by Gasteiger charge is 2.36. The quantitative estimate of drug-likeness (QED) is 0.604. The molecule has 7 heteroatoms. The second-order valence-corrected chi connectivity index (χ2v) is 11.6. The molecule has 4 rings (SSSR count). The van der Waals surface area contributed by atoms with Crippen molar-refractivity contribution in [1.82, 2.24) is 9.88 Å². The summed E-state index contributed by atoms with van der Waals surface area (Å²) in [5, 5.41) is 1.03. The highest BCUT2D eigenvalue weighted by Crippen LogP contribution is 2.52. The number of carbonyl (C=O) groups is 1. The summed E-state index contributed by atoms with van der Waals surface area (Å²) in [6, 6.07) is 4.34. The lowest BCUT2D eigenvalue weighted by Gasteiger charge is -2.28. The zero-order valence-electron chi connectivity index (χ0n) is 15.1. The summed E-state index contributed by atoms with van der Waals surface area (Å²) in [5.74, 6) is 0. The molecule has 1 aromatic heterocycles. The molecular weight excluding hydrogens is 432 g/mol. The Labute approximate surface area is 171 Å². The van der Waals surface area contributed by atoms with Crippen LogP contribution in [-0.4, -0.2) is 38.6 Å². The highest BCUT2D eigenvalue weighted by molar-refractivity contribution is 9.14. The van der Waals surface area contributed by atoms with Crippen molar-refractivity contribution in [2.24, 2.45) is 0 Å². The lowest BCUT2D eigenvalue weighted by molar-refractivity contribution is 0.0222. The van der Waals surface area contributed by atoms with Gasteiger partial charge >= 0.3 is 6.09 Å². The Morgan fingerprint density at radius 3 is 2.77 bits per heavy atom. The Kier molecular flexibility index (Phi) is 4.99. The van der Waals surface area contributed by atoms with E-state index in [2.05, 4.69) is 45.2 Å². The summed E-state index contributed by atoms with van der Waals surface area (Å²) >= 11 is 7.36. The highest BCUT2D eigenvalue weighted by atomic mass is 79.9. The van der Waals surface area contributed by atoms with Crippen LogP contribution in [0.1, 0.15) is 51.0 Å². The molecule has 4 heterocycles. The Balaban J connectivity index is 1.48. The Morgan fingerprint density at radius 2 is 2.04 bits per heavy atom. The van der Waals surface area contributed by atoms with E-state index in [9.17, 15) is 4.79 Å². The van der Waals surface area contributed by atoms with Crippen LogP contribution < -0.4 is 0 Å². The van der Waals surface area contributed by atoms with Crippen LogP contribution in [0, 0.1) is 0 Å². The molecule has 0 radical (unpaired) electrons. The molecule has 3 atom stereocenters. The van der Waals surface area contributed by atoms with Crippen LogP contribution in [0.25, 0.3) is 4.91 Å². The molecule has 0 bridgehead atoms. The number of fused-ring (bicyclic) bond motifs is 1. The van der Waals surface area contributed by atoms with Crippen molar-refractivity contribution >= 4 is 50.5 Å². The predicted molar refractivity (Wildman–Crippen MR) is 113 cm³/mol. The first-order valence-corrected chi connectivity index (χ1v) is 11.5. The van der Waals surface area contributed by atoms with Crippen LogP contribution in [0.15, 0.2) is 28.1 Å². The van der Waals surface area contributed by atoms with Gasteiger partial charge in [0.1, 0.15) is 5.60 Å². The first-order valence-electron chi connectivity index (χ1n) is 8.91. The number of hydrogen-bond donors (Lipinski definition) is 1. The maximum atomic E-state index is 12.5. The molecule has 1 saturated heterocycles. The standard InChI is InChI=1S/C19H23BrN2O2S2/c1-19(2,3)24-18(23)22-8-4-5-13(22)11-6-7-12(21-11)14-9-15-16(25-14)10-17(20)26-15/h6-7,9-10,13,15-16,21H,4-5,8H2,1-3H3. The SMILES string of the molecule is CC(C)(C)OC(=O)N1CCCC1c1ccc(C2=CC3SC(Br)=CC3S2)[nH]1. The number of H-pyrrole nitrogens is 1. The van der Waals surface area contributed by atoms with Crippen molar-refractivity contribution < 1.29 is 9.53 Å². The number of halogens is 1. The smallest absolute Gasteiger partial charge is 0.410 e. The number of aromatic amines is 1. The molecule has 3 aliphatic rings. The number of nitrogens with zero attached hydrogens (tertiary/aromatic N) is 1. The van der Waals surface area contributed by atoms with E-state index in [1.807, 2.05) is 49.2 Å². The summed E-state index contributed by atoms with van der Waals surface area (Å²) in [6.45, 7) is 6.49. The maximum absolute atomic E-state index is 12.5. The summed E-state index contributed by atoms with van der Waals surface area (Å²) < 4.78 is 6.82. The van der Waals surface area contributed by atoms with Gasteiger partial charge in [-0.3, -0.25) is 4.90 Å². The minimum atomic E-state index is -0.465. The van der Waals surface area contributed by atoms with Gasteiger partial charge < -0.3 is 9.72 Å². The number of nitrogens with one attached hydrogen (secondary N) is 1. The van der Waals surface area contributed by atoms with Crippen LogP contribution >= 0.6 is 39.5 Å². The van der Waals surface area contributed by atoms with Crippen molar-refractivity contribution in [1.29, 1.82) is 0 Å². The molecule has 0 aliphatic carbocycles. The predicted octanol–water partition coefficient (Wildman–Crippen LogP) is 5.89. The zero-order valence-corrected chi connectivity index (χ0v) is 18.3. The minimum absolute atomic E-state index is 0.0773. The van der Waals surface area contributed by atoms with Gasteiger partial charge in [-0.25, -0.2) is 4.79 Å². The Bertz CT molecular complexity index is 781. The lowest BCUT2D eigenvalue weighted by atomic mass is 10.1. The first kappa shape index (κ1) is 18.6. The zero-order chi connectivity index (χ0) is 18.5. The molecular formula is C19H23BrN2O2S2. The maximum Gasteiger partial charge on any atom is 0.410 e. The number of likely N-dealkylation sites (tertiary alicyclic amines) is 1. The van der Waals surface area contributed by atoms with Gasteiger partial charge in [0.25, 0.3) is 0 Å². The van der Waals surface area contributed by atoms with E-state index in [1.165, 1.54) is 8.72 Å². The van der Waals surface area contributed by atoms with Gasteiger partial charge in [-0.15, -0.1) is 23.5 Å². The molecule has 140 valence electrons. The van der Waals surface area contributed by atoms with Gasteiger partial charge in [0.2, 0.25) is 0 Å². The summed E-state index contributed by atoms with van der Waals surface area (Å²) in [6.07, 6.45) is 6.40. The van der Waals surface area contributed by atoms with E-state index in [1.54, 1.807) is 0 Å². The van der Waals surface area contributed by atoms with E-state index in [0.717, 1.165) is 30.8 Å². The summed E-state index contributed by atoms with van der Waals surface area (Å²) in [5.41, 5.74) is 1.79. The molecule has 0 aromatic carbocycles. The fourth-order valence-corrected chi connectivity index (χ4v) is 7.25. The summed E-state index contributed by atoms with van der Waals surface area (Å²) in [4.78, 5) is 19.3. The normalized spacial score (nSPS) is 28.2. The molecule has 4 nitrogen and oxygen atoms in total. The average molecular weight is 455 g/mol. The van der Waals surface area contributed by atoms with Crippen LogP contribution in [0.4, 0.5) is 4.79 Å². The minimum Gasteiger partial charge on any atom is -0.444 e. The number of rotatable bonds is 2. The molecule has 1 aromatic rings. The topological polar surface area (TPSA) is 45.3 Å². The van der Waals surface area contributed by atoms with Crippen molar-refractivity contribution in [3.8, 4) is 0 Å². The fourth-order valence-electron chi connectivity index (χ4n) is 3.56. The fraction of sp³-hybridized carbons (Fsp3) is 0.526. The monoisotopic (exact) mass is 454 g/mol. The van der Waals surface area contributed by atoms with E-state index in [4.69, 9.17) is 4.74 Å². The van der Waals surface area contributed by atoms with E-state index >= 15 is 0 Å². The van der Waals surface area contributed by atoms with Gasteiger partial charge in [-0.1, -0.05) is 6.08 Å². The lowest BCUT2D eigenvalue weighted by Crippen LogP contribution is -2.36. The molecule has 1 amide bonds. The molecule has 3 aliphatic heterocycles. The third-order valence-corrected chi connectivity index (χ3v) is 8.03. The van der Waals surface area contributed by atoms with Crippen LogP contribution in [0.2, 0.25) is 0 Å². The number of aromatic nitrogens is 1. The number of amides is 1.